The Kier molecular flexibility index (Phi) is 10.1. The third kappa shape index (κ3) is 6.31. The summed E-state index contributed by atoms with van der Waals surface area (Å²) < 4.78 is 6.39. The summed E-state index contributed by atoms with van der Waals surface area (Å²) in [7, 11) is 0. The number of ether oxygens (including phenoxy) is 1. The number of carbonyl (C=O) groups is 2. The molecule has 7 heteroatoms. The second kappa shape index (κ2) is 13.2. The Morgan fingerprint density at radius 1 is 1.27 bits per heavy atom. The van der Waals surface area contributed by atoms with Gasteiger partial charge in [-0.05, 0) is 87.5 Å². The van der Waals surface area contributed by atoms with Gasteiger partial charge in [-0.3, -0.25) is 4.79 Å². The van der Waals surface area contributed by atoms with Gasteiger partial charge in [0.15, 0.2) is 0 Å². The van der Waals surface area contributed by atoms with Crippen LogP contribution < -0.4 is 4.74 Å². The number of phenolic OH excluding ortho intramolecular Hbond substituents is 1. The van der Waals surface area contributed by atoms with Gasteiger partial charge in [0.25, 0.3) is 0 Å². The molecule has 41 heavy (non-hydrogen) atoms. The van der Waals surface area contributed by atoms with E-state index in [0.29, 0.717) is 11.5 Å². The molecule has 3 aliphatic carbocycles. The fourth-order valence-corrected chi connectivity index (χ4v) is 8.27. The molecule has 0 radical (unpaired) electrons. The lowest BCUT2D eigenvalue weighted by Gasteiger charge is -2.43. The van der Waals surface area contributed by atoms with E-state index < -0.39 is 23.9 Å². The number of aryl methyl sites for hydroxylation is 1. The Morgan fingerprint density at radius 2 is 2.00 bits per heavy atom. The maximum absolute atomic E-state index is 12.7. The molecule has 1 aromatic carbocycles. The number of hydrogen-bond donors (Lipinski definition) is 3. The predicted molar refractivity (Wildman–Crippen MR) is 164 cm³/mol. The summed E-state index contributed by atoms with van der Waals surface area (Å²) in [5.41, 5.74) is 5.20. The highest BCUT2D eigenvalue weighted by atomic mass is 32.2. The minimum absolute atomic E-state index is 0.0267. The van der Waals surface area contributed by atoms with E-state index in [9.17, 15) is 24.9 Å². The number of aliphatic carboxylic acids is 1. The van der Waals surface area contributed by atoms with Crippen LogP contribution in [0.15, 0.2) is 47.1 Å². The molecule has 0 amide bonds. The molecular weight excluding hydrogens is 536 g/mol. The fourth-order valence-electron chi connectivity index (χ4n) is 7.33. The van der Waals surface area contributed by atoms with Crippen molar-refractivity contribution in [1.82, 2.24) is 0 Å². The first-order valence-corrected chi connectivity index (χ1v) is 16.2. The molecule has 224 valence electrons. The van der Waals surface area contributed by atoms with Crippen LogP contribution in [0, 0.1) is 29.6 Å². The number of carbonyl (C=O) groups excluding carboxylic acids is 1. The topological polar surface area (TPSA) is 104 Å². The van der Waals surface area contributed by atoms with Crippen molar-refractivity contribution in [1.29, 1.82) is 0 Å². The zero-order valence-corrected chi connectivity index (χ0v) is 25.9. The smallest absolute Gasteiger partial charge is 0.332 e. The number of unbranched alkanes of at least 4 members (excludes halogenated alkanes) is 2. The molecule has 0 bridgehead atoms. The summed E-state index contributed by atoms with van der Waals surface area (Å²) in [6, 6.07) is 3.94. The normalized spacial score (nSPS) is 28.1. The van der Waals surface area contributed by atoms with E-state index in [1.807, 2.05) is 13.0 Å². The van der Waals surface area contributed by atoms with Gasteiger partial charge in [-0.1, -0.05) is 50.5 Å². The van der Waals surface area contributed by atoms with E-state index in [1.165, 1.54) is 17.3 Å². The average Bonchev–Trinajstić information content (AvgIpc) is 3.14. The van der Waals surface area contributed by atoms with E-state index in [2.05, 4.69) is 39.5 Å². The molecule has 1 fully saturated rings. The average molecular weight is 583 g/mol. The van der Waals surface area contributed by atoms with Gasteiger partial charge in [0.2, 0.25) is 0 Å². The van der Waals surface area contributed by atoms with Crippen molar-refractivity contribution in [3.63, 3.8) is 0 Å². The summed E-state index contributed by atoms with van der Waals surface area (Å²) in [5.74, 6) is -0.761. The number of benzene rings is 1. The first-order valence-electron chi connectivity index (χ1n) is 15.0. The van der Waals surface area contributed by atoms with E-state index >= 15 is 0 Å². The summed E-state index contributed by atoms with van der Waals surface area (Å²) in [4.78, 5) is 24.9. The molecule has 4 rings (SSSR count). The van der Waals surface area contributed by atoms with Crippen LogP contribution >= 0.6 is 11.8 Å². The Morgan fingerprint density at radius 3 is 2.63 bits per heavy atom. The van der Waals surface area contributed by atoms with Gasteiger partial charge in [-0.25, -0.2) is 4.79 Å². The molecule has 1 aromatic rings. The van der Waals surface area contributed by atoms with Gasteiger partial charge in [0.05, 0.1) is 12.0 Å². The van der Waals surface area contributed by atoms with Gasteiger partial charge in [-0.15, -0.1) is 11.8 Å². The Balaban J connectivity index is 1.56. The predicted octanol–water partition coefficient (Wildman–Crippen LogP) is 7.05. The standard InChI is InChI=1S/C34H46O6S/c1-7-8-9-10-22-14-26(36)30(24-13-19(4)11-12-23(24)18(2)3)27(15-22)40-17-41-16-25-20(5)28-29(21(6)35)33(37)32(28)31(25)34(38)39/h13-15,20-21,23-24,28-29,32,35-36H,2,7-12,16-17H2,1,3-6H3,(H,38,39)/t20-,21+,23-,24+,28?,29+,32?/m0/s1. The van der Waals surface area contributed by atoms with Crippen LogP contribution in [0.4, 0.5) is 0 Å². The lowest BCUT2D eigenvalue weighted by Crippen LogP contribution is -2.53. The lowest BCUT2D eigenvalue weighted by atomic mass is 9.59. The third-order valence-electron chi connectivity index (χ3n) is 9.49. The highest BCUT2D eigenvalue weighted by Gasteiger charge is 2.61. The summed E-state index contributed by atoms with van der Waals surface area (Å²) in [5, 5.41) is 31.4. The molecule has 7 atom stereocenters. The number of rotatable bonds is 13. The number of aliphatic hydroxyl groups is 1. The summed E-state index contributed by atoms with van der Waals surface area (Å²) >= 11 is 1.48. The zero-order chi connectivity index (χ0) is 30.0. The van der Waals surface area contributed by atoms with Crippen molar-refractivity contribution in [2.24, 2.45) is 29.6 Å². The number of carboxylic acids is 1. The van der Waals surface area contributed by atoms with E-state index in [-0.39, 0.29) is 46.7 Å². The zero-order valence-electron chi connectivity index (χ0n) is 25.1. The molecule has 1 saturated carbocycles. The maximum atomic E-state index is 12.7. The van der Waals surface area contributed by atoms with Gasteiger partial charge in [0, 0.05) is 28.7 Å². The number of thioether (sulfide) groups is 1. The van der Waals surface area contributed by atoms with Crippen LogP contribution in [0.2, 0.25) is 0 Å². The minimum Gasteiger partial charge on any atom is -0.507 e. The van der Waals surface area contributed by atoms with Crippen molar-refractivity contribution in [2.75, 3.05) is 11.7 Å². The van der Waals surface area contributed by atoms with Gasteiger partial charge >= 0.3 is 5.97 Å². The summed E-state index contributed by atoms with van der Waals surface area (Å²) in [6.45, 7) is 14.2. The van der Waals surface area contributed by atoms with E-state index in [0.717, 1.165) is 60.8 Å². The highest BCUT2D eigenvalue weighted by Crippen LogP contribution is 2.56. The third-order valence-corrected chi connectivity index (χ3v) is 10.3. The molecule has 0 heterocycles. The minimum atomic E-state index is -1.05. The van der Waals surface area contributed by atoms with Gasteiger partial charge in [0.1, 0.15) is 23.2 Å². The van der Waals surface area contributed by atoms with Gasteiger partial charge in [-0.2, -0.15) is 0 Å². The second-order valence-electron chi connectivity index (χ2n) is 12.4. The SMILES string of the molecule is C=C(C)[C@@H]1CCC(C)=C[C@H]1c1c(O)cc(CCCCC)cc1OCSCC1=C(C(=O)O)C2C(=O)[C@H]([C@@H](C)O)C2[C@H]1C. The number of fused-ring (bicyclic) bond motifs is 1. The number of carboxylic acid groups (broad SMARTS) is 1. The molecule has 0 aromatic heterocycles. The van der Waals surface area contributed by atoms with Gasteiger partial charge < -0.3 is 20.1 Å². The number of ketones is 1. The van der Waals surface area contributed by atoms with Crippen molar-refractivity contribution >= 4 is 23.5 Å². The lowest BCUT2D eigenvalue weighted by molar-refractivity contribution is -0.151. The van der Waals surface area contributed by atoms with Crippen LogP contribution in [0.25, 0.3) is 0 Å². The monoisotopic (exact) mass is 582 g/mol. The molecule has 0 spiro atoms. The van der Waals surface area contributed by atoms with Crippen molar-refractivity contribution in [3.8, 4) is 11.5 Å². The Hall–Kier alpha value is -2.51. The van der Waals surface area contributed by atoms with Crippen LogP contribution in [-0.2, 0) is 16.0 Å². The Bertz CT molecular complexity index is 1240. The van der Waals surface area contributed by atoms with E-state index in [4.69, 9.17) is 4.74 Å². The number of phenols is 1. The van der Waals surface area contributed by atoms with Crippen LogP contribution in [0.5, 0.6) is 11.5 Å². The molecule has 3 N–H and O–H groups in total. The number of aliphatic hydroxyl groups excluding tert-OH is 1. The summed E-state index contributed by atoms with van der Waals surface area (Å²) in [6.07, 6.45) is 7.59. The first kappa shape index (κ1) is 31.4. The second-order valence-corrected chi connectivity index (χ2v) is 13.3. The molecule has 0 aliphatic heterocycles. The fraction of sp³-hybridized carbons (Fsp3) is 0.588. The van der Waals surface area contributed by atoms with Crippen molar-refractivity contribution in [3.05, 3.63) is 58.2 Å². The first-order chi connectivity index (χ1) is 19.5. The Labute approximate surface area is 249 Å². The van der Waals surface area contributed by atoms with Crippen molar-refractivity contribution < 1.29 is 29.6 Å². The molecule has 3 aliphatic rings. The van der Waals surface area contributed by atoms with Crippen LogP contribution in [-0.4, -0.2) is 44.9 Å². The molecule has 0 saturated heterocycles. The highest BCUT2D eigenvalue weighted by molar-refractivity contribution is 7.99. The number of Topliss-reactive ketones (excluding diaryl/α,β-unsaturated/α-hetero) is 1. The molecular formula is C34H46O6S. The number of hydrogen-bond acceptors (Lipinski definition) is 6. The number of aromatic hydroxyl groups is 1. The van der Waals surface area contributed by atoms with Crippen LogP contribution in [0.3, 0.4) is 0 Å². The maximum Gasteiger partial charge on any atom is 0.332 e. The van der Waals surface area contributed by atoms with E-state index in [1.54, 1.807) is 6.92 Å². The van der Waals surface area contributed by atoms with Crippen molar-refractivity contribution in [2.45, 2.75) is 85.2 Å². The largest absolute Gasteiger partial charge is 0.507 e. The quantitative estimate of drug-likeness (QED) is 0.130. The molecule has 2 unspecified atom stereocenters. The number of allylic oxidation sites excluding steroid dienone is 3. The van der Waals surface area contributed by atoms with Crippen LogP contribution in [0.1, 0.15) is 83.8 Å². The molecule has 6 nitrogen and oxygen atoms in total.